The minimum atomic E-state index is -0.396. The zero-order valence-electron chi connectivity index (χ0n) is 15.0. The molecule has 0 saturated carbocycles. The van der Waals surface area contributed by atoms with E-state index in [-0.39, 0.29) is 11.7 Å². The molecule has 1 atom stereocenters. The maximum absolute atomic E-state index is 11.0. The van der Waals surface area contributed by atoms with Gasteiger partial charge in [-0.05, 0) is 23.8 Å². The van der Waals surface area contributed by atoms with Crippen LogP contribution in [0.3, 0.4) is 0 Å². The lowest BCUT2D eigenvalue weighted by molar-refractivity contribution is -0.384. The molecule has 3 rings (SSSR count). The molecule has 0 bridgehead atoms. The van der Waals surface area contributed by atoms with Crippen molar-refractivity contribution in [1.29, 1.82) is 0 Å². The maximum atomic E-state index is 11.0. The molecule has 2 N–H and O–H groups in total. The molecule has 0 fully saturated rings. The molecule has 0 aliphatic rings. The SMILES string of the molecule is COc1ccccc1NC(CNc1cccc([N+](=O)[O-])c1)c1ccccc1. The van der Waals surface area contributed by atoms with E-state index in [9.17, 15) is 10.1 Å². The van der Waals surface area contributed by atoms with Gasteiger partial charge in [-0.1, -0.05) is 48.5 Å². The van der Waals surface area contributed by atoms with Crippen LogP contribution >= 0.6 is 0 Å². The molecule has 0 aliphatic heterocycles. The highest BCUT2D eigenvalue weighted by atomic mass is 16.6. The van der Waals surface area contributed by atoms with Crippen LogP contribution in [-0.2, 0) is 0 Å². The Balaban J connectivity index is 1.81. The Kier molecular flexibility index (Phi) is 5.89. The number of methoxy groups -OCH3 is 1. The molecule has 27 heavy (non-hydrogen) atoms. The van der Waals surface area contributed by atoms with Crippen LogP contribution in [0.4, 0.5) is 17.1 Å². The van der Waals surface area contributed by atoms with E-state index in [1.807, 2.05) is 60.7 Å². The fourth-order valence-corrected chi connectivity index (χ4v) is 2.84. The molecular weight excluding hydrogens is 342 g/mol. The number of rotatable bonds is 8. The number of nitrogens with one attached hydrogen (secondary N) is 2. The van der Waals surface area contributed by atoms with Gasteiger partial charge in [0.15, 0.2) is 0 Å². The fraction of sp³-hybridized carbons (Fsp3) is 0.143. The Morgan fingerprint density at radius 1 is 1.00 bits per heavy atom. The number of nitro groups is 1. The minimum Gasteiger partial charge on any atom is -0.495 e. The van der Waals surface area contributed by atoms with Crippen LogP contribution < -0.4 is 15.4 Å². The number of ether oxygens (including phenoxy) is 1. The van der Waals surface area contributed by atoms with Crippen molar-refractivity contribution in [1.82, 2.24) is 0 Å². The highest BCUT2D eigenvalue weighted by Crippen LogP contribution is 2.28. The van der Waals surface area contributed by atoms with Crippen LogP contribution in [0.1, 0.15) is 11.6 Å². The number of hydrogen-bond donors (Lipinski definition) is 2. The zero-order chi connectivity index (χ0) is 19.1. The lowest BCUT2D eigenvalue weighted by Crippen LogP contribution is -2.20. The molecule has 0 heterocycles. The lowest BCUT2D eigenvalue weighted by atomic mass is 10.1. The van der Waals surface area contributed by atoms with Gasteiger partial charge in [0.05, 0.1) is 23.8 Å². The van der Waals surface area contributed by atoms with Crippen molar-refractivity contribution in [3.8, 4) is 5.75 Å². The molecule has 0 spiro atoms. The summed E-state index contributed by atoms with van der Waals surface area (Å²) in [5.74, 6) is 0.758. The van der Waals surface area contributed by atoms with E-state index in [1.165, 1.54) is 12.1 Å². The standard InChI is InChI=1S/C21H21N3O3/c1-27-21-13-6-5-12-19(21)23-20(16-8-3-2-4-9-16)15-22-17-10-7-11-18(14-17)24(25)26/h2-14,20,22-23H,15H2,1H3. The third-order valence-electron chi connectivity index (χ3n) is 4.21. The molecule has 0 aromatic heterocycles. The summed E-state index contributed by atoms with van der Waals surface area (Å²) >= 11 is 0. The van der Waals surface area contributed by atoms with E-state index >= 15 is 0 Å². The number of anilines is 2. The third kappa shape index (κ3) is 4.76. The summed E-state index contributed by atoms with van der Waals surface area (Å²) in [5, 5.41) is 17.8. The van der Waals surface area contributed by atoms with Gasteiger partial charge in [-0.3, -0.25) is 10.1 Å². The second-order valence-corrected chi connectivity index (χ2v) is 6.00. The van der Waals surface area contributed by atoms with Crippen LogP contribution in [0.25, 0.3) is 0 Å². The summed E-state index contributed by atoms with van der Waals surface area (Å²) in [6.45, 7) is 0.545. The predicted octanol–water partition coefficient (Wildman–Crippen LogP) is 4.87. The first kappa shape index (κ1) is 18.3. The van der Waals surface area contributed by atoms with E-state index in [1.54, 1.807) is 13.2 Å². The average molecular weight is 363 g/mol. The van der Waals surface area contributed by atoms with Gasteiger partial charge >= 0.3 is 0 Å². The summed E-state index contributed by atoms with van der Waals surface area (Å²) in [4.78, 5) is 10.6. The largest absolute Gasteiger partial charge is 0.495 e. The van der Waals surface area contributed by atoms with Crippen molar-refractivity contribution < 1.29 is 9.66 Å². The lowest BCUT2D eigenvalue weighted by Gasteiger charge is -2.23. The van der Waals surface area contributed by atoms with Gasteiger partial charge in [0, 0.05) is 24.4 Å². The van der Waals surface area contributed by atoms with Crippen molar-refractivity contribution in [2.24, 2.45) is 0 Å². The number of para-hydroxylation sites is 2. The second-order valence-electron chi connectivity index (χ2n) is 6.00. The Morgan fingerprint density at radius 2 is 1.74 bits per heavy atom. The van der Waals surface area contributed by atoms with Crippen LogP contribution in [0.2, 0.25) is 0 Å². The van der Waals surface area contributed by atoms with Crippen LogP contribution in [0.5, 0.6) is 5.75 Å². The van der Waals surface area contributed by atoms with E-state index < -0.39 is 4.92 Å². The van der Waals surface area contributed by atoms with E-state index in [4.69, 9.17) is 4.74 Å². The number of hydrogen-bond acceptors (Lipinski definition) is 5. The first-order valence-corrected chi connectivity index (χ1v) is 8.60. The van der Waals surface area contributed by atoms with E-state index in [2.05, 4.69) is 10.6 Å². The normalized spacial score (nSPS) is 11.4. The molecule has 138 valence electrons. The molecule has 3 aromatic carbocycles. The van der Waals surface area contributed by atoms with Gasteiger partial charge in [-0.2, -0.15) is 0 Å². The smallest absolute Gasteiger partial charge is 0.271 e. The molecule has 6 nitrogen and oxygen atoms in total. The van der Waals surface area contributed by atoms with Crippen LogP contribution in [0, 0.1) is 10.1 Å². The first-order valence-electron chi connectivity index (χ1n) is 8.60. The molecule has 1 unspecified atom stereocenters. The van der Waals surface area contributed by atoms with Crippen molar-refractivity contribution in [3.63, 3.8) is 0 Å². The third-order valence-corrected chi connectivity index (χ3v) is 4.21. The predicted molar refractivity (Wildman–Crippen MR) is 107 cm³/mol. The molecular formula is C21H21N3O3. The van der Waals surface area contributed by atoms with E-state index in [0.29, 0.717) is 12.2 Å². The minimum absolute atomic E-state index is 0.0539. The zero-order valence-corrected chi connectivity index (χ0v) is 15.0. The summed E-state index contributed by atoms with van der Waals surface area (Å²) < 4.78 is 5.43. The Labute approximate surface area is 158 Å². The molecule has 0 radical (unpaired) electrons. The highest BCUT2D eigenvalue weighted by molar-refractivity contribution is 5.58. The quantitative estimate of drug-likeness (QED) is 0.441. The van der Waals surface area contributed by atoms with Gasteiger partial charge in [0.1, 0.15) is 5.75 Å². The van der Waals surface area contributed by atoms with Crippen LogP contribution in [0.15, 0.2) is 78.9 Å². The van der Waals surface area contributed by atoms with Crippen molar-refractivity contribution >= 4 is 17.1 Å². The molecule has 0 saturated heterocycles. The Morgan fingerprint density at radius 3 is 2.48 bits per heavy atom. The second kappa shape index (κ2) is 8.71. The summed E-state index contributed by atoms with van der Waals surface area (Å²) in [6.07, 6.45) is 0. The number of nitro benzene ring substituents is 1. The first-order chi connectivity index (χ1) is 13.2. The van der Waals surface area contributed by atoms with Gasteiger partial charge in [0.2, 0.25) is 0 Å². The molecule has 0 aliphatic carbocycles. The Hall–Kier alpha value is -3.54. The summed E-state index contributed by atoms with van der Waals surface area (Å²) in [6, 6.07) is 24.2. The molecule has 0 amide bonds. The van der Waals surface area contributed by atoms with Crippen molar-refractivity contribution in [2.45, 2.75) is 6.04 Å². The summed E-state index contributed by atoms with van der Waals surface area (Å²) in [7, 11) is 1.64. The highest BCUT2D eigenvalue weighted by Gasteiger charge is 2.14. The number of benzene rings is 3. The number of nitrogens with zero attached hydrogens (tertiary/aromatic N) is 1. The molecule has 3 aromatic rings. The van der Waals surface area contributed by atoms with Crippen LogP contribution in [-0.4, -0.2) is 18.6 Å². The van der Waals surface area contributed by atoms with Gasteiger partial charge in [0.25, 0.3) is 5.69 Å². The summed E-state index contributed by atoms with van der Waals surface area (Å²) in [5.41, 5.74) is 2.75. The number of non-ortho nitro benzene ring substituents is 1. The molecule has 6 heteroatoms. The van der Waals surface area contributed by atoms with Crippen molar-refractivity contribution in [3.05, 3.63) is 94.5 Å². The van der Waals surface area contributed by atoms with E-state index in [0.717, 1.165) is 17.0 Å². The fourth-order valence-electron chi connectivity index (χ4n) is 2.84. The topological polar surface area (TPSA) is 76.4 Å². The average Bonchev–Trinajstić information content (AvgIpc) is 2.72. The van der Waals surface area contributed by atoms with Gasteiger partial charge in [-0.15, -0.1) is 0 Å². The van der Waals surface area contributed by atoms with Gasteiger partial charge in [-0.25, -0.2) is 0 Å². The monoisotopic (exact) mass is 363 g/mol. The van der Waals surface area contributed by atoms with Crippen molar-refractivity contribution in [2.75, 3.05) is 24.3 Å². The Bertz CT molecular complexity index is 900. The van der Waals surface area contributed by atoms with Gasteiger partial charge < -0.3 is 15.4 Å². The maximum Gasteiger partial charge on any atom is 0.271 e.